The summed E-state index contributed by atoms with van der Waals surface area (Å²) in [5.74, 6) is 0.729. The van der Waals surface area contributed by atoms with Crippen LogP contribution in [0, 0.1) is 11.3 Å². The molecule has 1 aromatic rings. The number of hydrogen-bond donors (Lipinski definition) is 1. The Hall–Kier alpha value is -0.610. The Morgan fingerprint density at radius 2 is 2.00 bits per heavy atom. The second kappa shape index (κ2) is 6.66. The van der Waals surface area contributed by atoms with Gasteiger partial charge in [0.05, 0.1) is 16.7 Å². The van der Waals surface area contributed by atoms with Crippen LogP contribution in [0.5, 0.6) is 0 Å². The fourth-order valence-corrected chi connectivity index (χ4v) is 4.36. The summed E-state index contributed by atoms with van der Waals surface area (Å²) >= 11 is 1.70. The molecule has 0 radical (unpaired) electrons. The van der Waals surface area contributed by atoms with Crippen molar-refractivity contribution in [2.75, 3.05) is 18.0 Å². The maximum atomic E-state index is 10.4. The molecule has 0 bridgehead atoms. The van der Waals surface area contributed by atoms with E-state index in [1.54, 1.807) is 11.3 Å². The normalized spacial score (nSPS) is 20.6. The van der Waals surface area contributed by atoms with Gasteiger partial charge in [-0.3, -0.25) is 0 Å². The van der Waals surface area contributed by atoms with E-state index in [1.165, 1.54) is 12.8 Å². The molecule has 1 N–H and O–H groups in total. The van der Waals surface area contributed by atoms with Gasteiger partial charge >= 0.3 is 0 Å². The van der Waals surface area contributed by atoms with Crippen LogP contribution in [0.25, 0.3) is 0 Å². The van der Waals surface area contributed by atoms with Crippen molar-refractivity contribution in [1.82, 2.24) is 4.98 Å². The first-order chi connectivity index (χ1) is 9.90. The van der Waals surface area contributed by atoms with E-state index in [1.807, 2.05) is 0 Å². The van der Waals surface area contributed by atoms with Gasteiger partial charge in [-0.1, -0.05) is 51.9 Å². The molecular formula is C17H30N2OS. The molecule has 1 unspecified atom stereocenters. The molecule has 1 heterocycles. The largest absolute Gasteiger partial charge is 0.387 e. The van der Waals surface area contributed by atoms with Gasteiger partial charge in [0.15, 0.2) is 5.13 Å². The van der Waals surface area contributed by atoms with Crippen molar-refractivity contribution in [3.05, 3.63) is 10.6 Å². The number of anilines is 1. The number of fused-ring (bicyclic) bond motifs is 1. The number of hydrogen-bond acceptors (Lipinski definition) is 4. The van der Waals surface area contributed by atoms with Crippen molar-refractivity contribution in [2.24, 2.45) is 11.3 Å². The minimum Gasteiger partial charge on any atom is -0.387 e. The highest BCUT2D eigenvalue weighted by Gasteiger charge is 2.34. The van der Waals surface area contributed by atoms with Crippen LogP contribution in [0.15, 0.2) is 0 Å². The summed E-state index contributed by atoms with van der Waals surface area (Å²) in [6.45, 7) is 13.2. The highest BCUT2D eigenvalue weighted by Crippen LogP contribution is 2.44. The summed E-state index contributed by atoms with van der Waals surface area (Å²) in [7, 11) is 0. The molecule has 0 spiro atoms. The monoisotopic (exact) mass is 310 g/mol. The van der Waals surface area contributed by atoms with Crippen LogP contribution in [0.4, 0.5) is 5.13 Å². The average molecular weight is 311 g/mol. The first-order valence-electron chi connectivity index (χ1n) is 8.32. The first kappa shape index (κ1) is 16.8. The summed E-state index contributed by atoms with van der Waals surface area (Å²) in [6.07, 6.45) is 3.93. The maximum Gasteiger partial charge on any atom is 0.185 e. The Morgan fingerprint density at radius 3 is 2.57 bits per heavy atom. The van der Waals surface area contributed by atoms with Gasteiger partial charge < -0.3 is 10.0 Å². The third-order valence-corrected chi connectivity index (χ3v) is 5.96. The van der Waals surface area contributed by atoms with Crippen LogP contribution in [0.1, 0.15) is 70.6 Å². The summed E-state index contributed by atoms with van der Waals surface area (Å²) in [5.41, 5.74) is 1.28. The quantitative estimate of drug-likeness (QED) is 0.845. The number of nitrogens with zero attached hydrogens (tertiary/aromatic N) is 2. The first-order valence-corrected chi connectivity index (χ1v) is 9.14. The van der Waals surface area contributed by atoms with Gasteiger partial charge in [0, 0.05) is 13.1 Å². The van der Waals surface area contributed by atoms with E-state index in [9.17, 15) is 5.11 Å². The number of aliphatic hydroxyl groups is 1. The molecule has 1 aromatic heterocycles. The van der Waals surface area contributed by atoms with Crippen molar-refractivity contribution in [3.63, 3.8) is 0 Å². The van der Waals surface area contributed by atoms with Gasteiger partial charge in [-0.25, -0.2) is 4.98 Å². The standard InChI is InChI=1S/C17H30N2OS/c1-6-12(7-2)11-19(8-3)16-18-13-9-17(4,5)10-14(20)15(13)21-16/h12,14,20H,6-11H2,1-5H3. The molecule has 0 aromatic carbocycles. The molecule has 1 aliphatic rings. The zero-order valence-corrected chi connectivity index (χ0v) is 15.0. The van der Waals surface area contributed by atoms with Gasteiger partial charge in [0.25, 0.3) is 0 Å². The van der Waals surface area contributed by atoms with Crippen LogP contribution < -0.4 is 4.90 Å². The highest BCUT2D eigenvalue weighted by molar-refractivity contribution is 7.15. The Kier molecular flexibility index (Phi) is 5.31. The van der Waals surface area contributed by atoms with E-state index in [-0.39, 0.29) is 11.5 Å². The van der Waals surface area contributed by atoms with Gasteiger partial charge in [0.2, 0.25) is 0 Å². The fraction of sp³-hybridized carbons (Fsp3) is 0.824. The lowest BCUT2D eigenvalue weighted by atomic mass is 9.77. The molecular weight excluding hydrogens is 280 g/mol. The van der Waals surface area contributed by atoms with Gasteiger partial charge in [-0.05, 0) is 31.1 Å². The second-order valence-corrected chi connectivity index (χ2v) is 8.10. The van der Waals surface area contributed by atoms with Crippen molar-refractivity contribution in [2.45, 2.75) is 66.4 Å². The predicted octanol–water partition coefficient (Wildman–Crippen LogP) is 4.41. The zero-order chi connectivity index (χ0) is 15.6. The molecule has 21 heavy (non-hydrogen) atoms. The molecule has 120 valence electrons. The Bertz CT molecular complexity index is 465. The highest BCUT2D eigenvalue weighted by atomic mass is 32.1. The van der Waals surface area contributed by atoms with Crippen LogP contribution in [0.2, 0.25) is 0 Å². The van der Waals surface area contributed by atoms with Crippen molar-refractivity contribution in [1.29, 1.82) is 0 Å². The number of aromatic nitrogens is 1. The van der Waals surface area contributed by atoms with Crippen molar-refractivity contribution >= 4 is 16.5 Å². The molecule has 0 amide bonds. The van der Waals surface area contributed by atoms with E-state index in [2.05, 4.69) is 39.5 Å². The minimum absolute atomic E-state index is 0.157. The second-order valence-electron chi connectivity index (χ2n) is 7.09. The molecule has 3 nitrogen and oxygen atoms in total. The van der Waals surface area contributed by atoms with Gasteiger partial charge in [-0.2, -0.15) is 0 Å². The molecule has 0 saturated heterocycles. The molecule has 0 saturated carbocycles. The SMILES string of the molecule is CCC(CC)CN(CC)c1nc2c(s1)C(O)CC(C)(C)C2. The van der Waals surface area contributed by atoms with Crippen molar-refractivity contribution in [3.8, 4) is 0 Å². The third-order valence-electron chi connectivity index (χ3n) is 4.70. The minimum atomic E-state index is -0.332. The number of thiazole rings is 1. The fourth-order valence-electron chi connectivity index (χ4n) is 3.22. The third kappa shape index (κ3) is 3.78. The van der Waals surface area contributed by atoms with E-state index < -0.39 is 0 Å². The molecule has 1 aliphatic carbocycles. The van der Waals surface area contributed by atoms with E-state index >= 15 is 0 Å². The maximum absolute atomic E-state index is 10.4. The Morgan fingerprint density at radius 1 is 1.33 bits per heavy atom. The summed E-state index contributed by atoms with van der Waals surface area (Å²) in [4.78, 5) is 8.37. The lowest BCUT2D eigenvalue weighted by Crippen LogP contribution is -2.29. The van der Waals surface area contributed by atoms with Crippen molar-refractivity contribution < 1.29 is 5.11 Å². The number of rotatable bonds is 6. The van der Waals surface area contributed by atoms with Crippen LogP contribution >= 0.6 is 11.3 Å². The zero-order valence-electron chi connectivity index (χ0n) is 14.1. The van der Waals surface area contributed by atoms with Crippen LogP contribution in [-0.4, -0.2) is 23.2 Å². The molecule has 1 atom stereocenters. The van der Waals surface area contributed by atoms with E-state index in [4.69, 9.17) is 4.98 Å². The average Bonchev–Trinajstić information content (AvgIpc) is 2.82. The Balaban J connectivity index is 2.21. The van der Waals surface area contributed by atoms with Crippen LogP contribution in [0.3, 0.4) is 0 Å². The molecule has 0 fully saturated rings. The summed E-state index contributed by atoms with van der Waals surface area (Å²) in [6, 6.07) is 0. The molecule has 0 aliphatic heterocycles. The summed E-state index contributed by atoms with van der Waals surface area (Å²) < 4.78 is 0. The lowest BCUT2D eigenvalue weighted by molar-refractivity contribution is 0.102. The molecule has 2 rings (SSSR count). The van der Waals surface area contributed by atoms with Gasteiger partial charge in [0.1, 0.15) is 0 Å². The summed E-state index contributed by atoms with van der Waals surface area (Å²) in [5, 5.41) is 11.5. The van der Waals surface area contributed by atoms with Gasteiger partial charge in [-0.15, -0.1) is 0 Å². The Labute approximate surface area is 133 Å². The molecule has 4 heteroatoms. The topological polar surface area (TPSA) is 36.4 Å². The van der Waals surface area contributed by atoms with E-state index in [0.717, 1.165) is 47.6 Å². The lowest BCUT2D eigenvalue weighted by Gasteiger charge is -2.31. The predicted molar refractivity (Wildman–Crippen MR) is 91.1 cm³/mol. The smallest absolute Gasteiger partial charge is 0.185 e. The van der Waals surface area contributed by atoms with Crippen LogP contribution in [-0.2, 0) is 6.42 Å². The van der Waals surface area contributed by atoms with E-state index in [0.29, 0.717) is 0 Å². The number of aliphatic hydroxyl groups excluding tert-OH is 1.